The van der Waals surface area contributed by atoms with Gasteiger partial charge in [0.25, 0.3) is 0 Å². The molecule has 1 aromatic carbocycles. The highest BCUT2D eigenvalue weighted by Gasteiger charge is 2.09. The molecule has 0 spiro atoms. The zero-order valence-electron chi connectivity index (χ0n) is 8.97. The van der Waals surface area contributed by atoms with Crippen LogP contribution >= 0.6 is 11.3 Å². The Hall–Kier alpha value is -1.16. The van der Waals surface area contributed by atoms with Crippen LogP contribution in [0.2, 0.25) is 0 Å². The van der Waals surface area contributed by atoms with Crippen LogP contribution in [0.3, 0.4) is 0 Å². The fourth-order valence-corrected chi connectivity index (χ4v) is 2.52. The van der Waals surface area contributed by atoms with Crippen LogP contribution in [0.5, 0.6) is 0 Å². The molecule has 0 amide bonds. The minimum Gasteiger partial charge on any atom is -0.317 e. The van der Waals surface area contributed by atoms with Gasteiger partial charge in [0.2, 0.25) is 0 Å². The summed E-state index contributed by atoms with van der Waals surface area (Å²) >= 11 is 1.73. The van der Waals surface area contributed by atoms with Crippen LogP contribution in [0.4, 0.5) is 0 Å². The van der Waals surface area contributed by atoms with Crippen molar-refractivity contribution in [2.24, 2.45) is 0 Å². The summed E-state index contributed by atoms with van der Waals surface area (Å²) < 4.78 is 0. The molecule has 2 nitrogen and oxygen atoms in total. The molecular formula is C13H15NOS. The molecule has 1 atom stereocenters. The Morgan fingerprint density at radius 3 is 2.50 bits per heavy atom. The highest BCUT2D eigenvalue weighted by Crippen LogP contribution is 2.13. The van der Waals surface area contributed by atoms with Crippen molar-refractivity contribution < 1.29 is 5.21 Å². The molecule has 2 N–H and O–H groups in total. The average molecular weight is 233 g/mol. The van der Waals surface area contributed by atoms with Gasteiger partial charge in [-0.25, -0.2) is 5.48 Å². The van der Waals surface area contributed by atoms with Gasteiger partial charge in [-0.3, -0.25) is 0 Å². The van der Waals surface area contributed by atoms with Gasteiger partial charge in [0.05, 0.1) is 0 Å². The van der Waals surface area contributed by atoms with Crippen LogP contribution in [0.25, 0.3) is 0 Å². The molecule has 2 rings (SSSR count). The molecule has 0 saturated carbocycles. The number of nitrogens with one attached hydrogen (secondary N) is 1. The van der Waals surface area contributed by atoms with Crippen molar-refractivity contribution in [1.82, 2.24) is 5.48 Å². The maximum atomic E-state index is 9.14. The minimum absolute atomic E-state index is 0.0843. The van der Waals surface area contributed by atoms with Crippen LogP contribution < -0.4 is 5.48 Å². The summed E-state index contributed by atoms with van der Waals surface area (Å²) in [4.78, 5) is 1.29. The van der Waals surface area contributed by atoms with Crippen molar-refractivity contribution >= 4 is 11.3 Å². The van der Waals surface area contributed by atoms with E-state index < -0.39 is 0 Å². The van der Waals surface area contributed by atoms with Gasteiger partial charge in [-0.1, -0.05) is 36.4 Å². The number of hydrogen-bond acceptors (Lipinski definition) is 3. The summed E-state index contributed by atoms with van der Waals surface area (Å²) in [6.07, 6.45) is 1.71. The summed E-state index contributed by atoms with van der Waals surface area (Å²) in [7, 11) is 0. The molecule has 0 radical (unpaired) electrons. The number of rotatable bonds is 5. The average Bonchev–Trinajstić information content (AvgIpc) is 2.82. The highest BCUT2D eigenvalue weighted by molar-refractivity contribution is 7.09. The molecule has 1 unspecified atom stereocenters. The lowest BCUT2D eigenvalue weighted by atomic mass is 10.0. The first-order chi connectivity index (χ1) is 7.88. The van der Waals surface area contributed by atoms with Gasteiger partial charge in [0, 0.05) is 10.9 Å². The smallest absolute Gasteiger partial charge is 0.0408 e. The van der Waals surface area contributed by atoms with E-state index in [2.05, 4.69) is 29.1 Å². The SMILES string of the molecule is ONC(Cc1ccccc1)Cc1cccs1. The first-order valence-corrected chi connectivity index (χ1v) is 6.22. The Morgan fingerprint density at radius 2 is 1.88 bits per heavy atom. The Labute approximate surface area is 99.5 Å². The first kappa shape index (κ1) is 11.3. The van der Waals surface area contributed by atoms with Crippen LogP contribution in [0.15, 0.2) is 47.8 Å². The number of thiophene rings is 1. The van der Waals surface area contributed by atoms with Crippen molar-refractivity contribution in [3.05, 3.63) is 58.3 Å². The second kappa shape index (κ2) is 5.80. The quantitative estimate of drug-likeness (QED) is 0.778. The molecule has 84 valence electrons. The van der Waals surface area contributed by atoms with E-state index in [0.29, 0.717) is 0 Å². The molecule has 0 fully saturated rings. The van der Waals surface area contributed by atoms with Crippen molar-refractivity contribution in [3.63, 3.8) is 0 Å². The second-order valence-corrected chi connectivity index (χ2v) is 4.83. The number of hydrogen-bond donors (Lipinski definition) is 2. The summed E-state index contributed by atoms with van der Waals surface area (Å²) in [6.45, 7) is 0. The summed E-state index contributed by atoms with van der Waals surface area (Å²) in [6, 6.07) is 14.4. The molecule has 1 heterocycles. The highest BCUT2D eigenvalue weighted by atomic mass is 32.1. The Morgan fingerprint density at radius 1 is 1.06 bits per heavy atom. The molecule has 3 heteroatoms. The van der Waals surface area contributed by atoms with E-state index in [0.717, 1.165) is 12.8 Å². The summed E-state index contributed by atoms with van der Waals surface area (Å²) in [5.74, 6) is 0. The van der Waals surface area contributed by atoms with Crippen LogP contribution in [0.1, 0.15) is 10.4 Å². The van der Waals surface area contributed by atoms with Gasteiger partial charge in [0.15, 0.2) is 0 Å². The van der Waals surface area contributed by atoms with Crippen molar-refractivity contribution in [1.29, 1.82) is 0 Å². The molecule has 0 bridgehead atoms. The normalized spacial score (nSPS) is 12.6. The van der Waals surface area contributed by atoms with Gasteiger partial charge in [-0.2, -0.15) is 0 Å². The number of benzene rings is 1. The van der Waals surface area contributed by atoms with Crippen molar-refractivity contribution in [2.75, 3.05) is 0 Å². The van der Waals surface area contributed by atoms with E-state index >= 15 is 0 Å². The van der Waals surface area contributed by atoms with E-state index in [4.69, 9.17) is 5.21 Å². The maximum absolute atomic E-state index is 9.14. The van der Waals surface area contributed by atoms with Gasteiger partial charge in [-0.05, 0) is 29.9 Å². The third-order valence-corrected chi connectivity index (χ3v) is 3.43. The lowest BCUT2D eigenvalue weighted by Gasteiger charge is -2.13. The van der Waals surface area contributed by atoms with Crippen molar-refractivity contribution in [3.8, 4) is 0 Å². The number of hydroxylamine groups is 1. The molecule has 0 aliphatic rings. The first-order valence-electron chi connectivity index (χ1n) is 5.34. The molecule has 0 saturated heterocycles. The Kier molecular flexibility index (Phi) is 4.10. The van der Waals surface area contributed by atoms with Crippen LogP contribution in [-0.4, -0.2) is 11.2 Å². The Balaban J connectivity index is 1.96. The predicted molar refractivity (Wildman–Crippen MR) is 66.9 cm³/mol. The third-order valence-electron chi connectivity index (χ3n) is 2.54. The molecule has 16 heavy (non-hydrogen) atoms. The van der Waals surface area contributed by atoms with E-state index in [-0.39, 0.29) is 6.04 Å². The fourth-order valence-electron chi connectivity index (χ4n) is 1.73. The van der Waals surface area contributed by atoms with E-state index in [1.807, 2.05) is 24.3 Å². The zero-order valence-corrected chi connectivity index (χ0v) is 9.78. The van der Waals surface area contributed by atoms with Crippen LogP contribution in [0, 0.1) is 0 Å². The molecule has 0 aliphatic carbocycles. The summed E-state index contributed by atoms with van der Waals surface area (Å²) in [5, 5.41) is 11.2. The molecule has 1 aromatic heterocycles. The predicted octanol–water partition coefficient (Wildman–Crippen LogP) is 2.88. The topological polar surface area (TPSA) is 32.3 Å². The molecule has 0 aliphatic heterocycles. The zero-order chi connectivity index (χ0) is 11.2. The third kappa shape index (κ3) is 3.17. The molecule has 2 aromatic rings. The van der Waals surface area contributed by atoms with E-state index in [1.54, 1.807) is 11.3 Å². The van der Waals surface area contributed by atoms with Gasteiger partial charge in [-0.15, -0.1) is 11.3 Å². The van der Waals surface area contributed by atoms with Gasteiger partial charge in [0.1, 0.15) is 0 Å². The lowest BCUT2D eigenvalue weighted by Crippen LogP contribution is -2.30. The van der Waals surface area contributed by atoms with E-state index in [9.17, 15) is 0 Å². The maximum Gasteiger partial charge on any atom is 0.0408 e. The van der Waals surface area contributed by atoms with Crippen molar-refractivity contribution in [2.45, 2.75) is 18.9 Å². The van der Waals surface area contributed by atoms with Crippen LogP contribution in [-0.2, 0) is 12.8 Å². The second-order valence-electron chi connectivity index (χ2n) is 3.80. The Bertz CT molecular complexity index is 399. The molecular weight excluding hydrogens is 218 g/mol. The van der Waals surface area contributed by atoms with Gasteiger partial charge >= 0.3 is 0 Å². The fraction of sp³-hybridized carbons (Fsp3) is 0.231. The summed E-state index contributed by atoms with van der Waals surface area (Å²) in [5.41, 5.74) is 3.64. The largest absolute Gasteiger partial charge is 0.317 e. The standard InChI is InChI=1S/C13H15NOS/c15-14-12(10-13-7-4-8-16-13)9-11-5-2-1-3-6-11/h1-8,12,14-15H,9-10H2. The lowest BCUT2D eigenvalue weighted by molar-refractivity contribution is 0.125. The van der Waals surface area contributed by atoms with E-state index in [1.165, 1.54) is 10.4 Å². The minimum atomic E-state index is 0.0843. The monoisotopic (exact) mass is 233 g/mol. The van der Waals surface area contributed by atoms with Gasteiger partial charge < -0.3 is 5.21 Å².